The van der Waals surface area contributed by atoms with Gasteiger partial charge >= 0.3 is 0 Å². The highest BCUT2D eigenvalue weighted by atomic mass is 14.9. The molecule has 1 heterocycles. The van der Waals surface area contributed by atoms with Gasteiger partial charge in [0.05, 0.1) is 5.56 Å². The fourth-order valence-corrected chi connectivity index (χ4v) is 2.26. The summed E-state index contributed by atoms with van der Waals surface area (Å²) in [5.74, 6) is 0. The Morgan fingerprint density at radius 2 is 2.10 bits per heavy atom. The molecule has 2 rings (SSSR count). The van der Waals surface area contributed by atoms with Crippen LogP contribution in [0.1, 0.15) is 37.4 Å². The summed E-state index contributed by atoms with van der Waals surface area (Å²) in [5, 5.41) is 12.5. The van der Waals surface area contributed by atoms with E-state index in [1.807, 2.05) is 24.4 Å². The average Bonchev–Trinajstić information content (AvgIpc) is 2.52. The lowest BCUT2D eigenvalue weighted by Gasteiger charge is -2.18. The van der Waals surface area contributed by atoms with Crippen LogP contribution in [-0.2, 0) is 0 Å². The highest BCUT2D eigenvalue weighted by Gasteiger charge is 2.11. The maximum Gasteiger partial charge on any atom is 0.101 e. The third kappa shape index (κ3) is 3.23. The first kappa shape index (κ1) is 14.2. The number of aromatic nitrogens is 1. The fourth-order valence-electron chi connectivity index (χ4n) is 2.26. The van der Waals surface area contributed by atoms with E-state index < -0.39 is 0 Å². The largest absolute Gasteiger partial charge is 0.310 e. The lowest BCUT2D eigenvalue weighted by molar-refractivity contribution is 0.571. The van der Waals surface area contributed by atoms with E-state index in [0.29, 0.717) is 5.56 Å². The zero-order chi connectivity index (χ0) is 14.4. The van der Waals surface area contributed by atoms with Gasteiger partial charge < -0.3 is 5.32 Å². The lowest BCUT2D eigenvalue weighted by atomic mass is 9.96. The van der Waals surface area contributed by atoms with Gasteiger partial charge in [-0.15, -0.1) is 0 Å². The molecular weight excluding hydrogens is 246 g/mol. The summed E-state index contributed by atoms with van der Waals surface area (Å²) >= 11 is 0. The number of benzene rings is 1. The van der Waals surface area contributed by atoms with Crippen LogP contribution in [0.2, 0.25) is 0 Å². The van der Waals surface area contributed by atoms with Crippen LogP contribution in [0.5, 0.6) is 0 Å². The number of pyridine rings is 1. The van der Waals surface area contributed by atoms with Gasteiger partial charge in [0.25, 0.3) is 0 Å². The van der Waals surface area contributed by atoms with Gasteiger partial charge in [-0.1, -0.05) is 31.2 Å². The fraction of sp³-hybridized carbons (Fsp3) is 0.294. The predicted molar refractivity (Wildman–Crippen MR) is 81.1 cm³/mol. The van der Waals surface area contributed by atoms with Crippen LogP contribution in [0.25, 0.3) is 11.1 Å². The van der Waals surface area contributed by atoms with E-state index in [1.165, 1.54) is 5.56 Å². The first-order valence-electron chi connectivity index (χ1n) is 6.94. The van der Waals surface area contributed by atoms with E-state index in [0.717, 1.165) is 24.1 Å². The van der Waals surface area contributed by atoms with E-state index >= 15 is 0 Å². The first-order chi connectivity index (χ1) is 9.76. The van der Waals surface area contributed by atoms with Crippen molar-refractivity contribution >= 4 is 0 Å². The molecule has 2 aromatic rings. The minimum absolute atomic E-state index is 0.275. The summed E-state index contributed by atoms with van der Waals surface area (Å²) in [6, 6.07) is 12.6. The maximum absolute atomic E-state index is 9.00. The summed E-state index contributed by atoms with van der Waals surface area (Å²) in [7, 11) is 0. The van der Waals surface area contributed by atoms with E-state index in [1.54, 1.807) is 6.20 Å². The molecule has 1 aromatic heterocycles. The van der Waals surface area contributed by atoms with Gasteiger partial charge in [0, 0.05) is 24.0 Å². The molecule has 102 valence electrons. The van der Waals surface area contributed by atoms with E-state index in [9.17, 15) is 0 Å². The van der Waals surface area contributed by atoms with Gasteiger partial charge in [-0.3, -0.25) is 4.98 Å². The van der Waals surface area contributed by atoms with Crippen molar-refractivity contribution in [2.75, 3.05) is 6.54 Å². The number of hydrogen-bond donors (Lipinski definition) is 1. The molecule has 1 atom stereocenters. The SMILES string of the molecule is CCCNC(C)c1ccccc1-c1cncc(C#N)c1. The quantitative estimate of drug-likeness (QED) is 0.897. The Kier molecular flexibility index (Phi) is 4.86. The molecule has 0 spiro atoms. The molecule has 1 N–H and O–H groups in total. The summed E-state index contributed by atoms with van der Waals surface area (Å²) in [6.07, 6.45) is 4.51. The van der Waals surface area contributed by atoms with Gasteiger partial charge in [-0.2, -0.15) is 5.26 Å². The van der Waals surface area contributed by atoms with Crippen molar-refractivity contribution in [2.24, 2.45) is 0 Å². The molecule has 0 aliphatic carbocycles. The van der Waals surface area contributed by atoms with Crippen LogP contribution in [0.4, 0.5) is 0 Å². The van der Waals surface area contributed by atoms with Crippen LogP contribution in [0.3, 0.4) is 0 Å². The summed E-state index contributed by atoms with van der Waals surface area (Å²) in [4.78, 5) is 4.15. The molecule has 1 aromatic carbocycles. The second kappa shape index (κ2) is 6.83. The lowest BCUT2D eigenvalue weighted by Crippen LogP contribution is -2.19. The number of nitrogens with zero attached hydrogens (tertiary/aromatic N) is 2. The minimum Gasteiger partial charge on any atom is -0.310 e. The van der Waals surface area contributed by atoms with Gasteiger partial charge in [-0.05, 0) is 37.1 Å². The normalized spacial score (nSPS) is 11.8. The van der Waals surface area contributed by atoms with Gasteiger partial charge in [-0.25, -0.2) is 0 Å². The van der Waals surface area contributed by atoms with Crippen molar-refractivity contribution in [1.82, 2.24) is 10.3 Å². The third-order valence-electron chi connectivity index (χ3n) is 3.31. The average molecular weight is 265 g/mol. The molecule has 3 heteroatoms. The molecular formula is C17H19N3. The van der Waals surface area contributed by atoms with Crippen molar-refractivity contribution in [1.29, 1.82) is 5.26 Å². The highest BCUT2D eigenvalue weighted by Crippen LogP contribution is 2.28. The van der Waals surface area contributed by atoms with Crippen LogP contribution < -0.4 is 5.32 Å². The van der Waals surface area contributed by atoms with E-state index in [4.69, 9.17) is 5.26 Å². The van der Waals surface area contributed by atoms with E-state index in [2.05, 4.69) is 42.4 Å². The standard InChI is InChI=1S/C17H19N3/c1-3-8-20-13(2)16-6-4-5-7-17(16)15-9-14(10-18)11-19-12-15/h4-7,9,11-13,20H,3,8H2,1-2H3. The molecule has 1 unspecified atom stereocenters. The first-order valence-corrected chi connectivity index (χ1v) is 6.94. The summed E-state index contributed by atoms with van der Waals surface area (Å²) in [6.45, 7) is 5.31. The van der Waals surface area contributed by atoms with Crippen LogP contribution >= 0.6 is 0 Å². The Labute approximate surface area is 120 Å². The number of nitriles is 1. The zero-order valence-electron chi connectivity index (χ0n) is 11.9. The second-order valence-corrected chi connectivity index (χ2v) is 4.84. The van der Waals surface area contributed by atoms with Crippen molar-refractivity contribution < 1.29 is 0 Å². The molecule has 0 fully saturated rings. The highest BCUT2D eigenvalue weighted by molar-refractivity contribution is 5.68. The Hall–Kier alpha value is -2.18. The zero-order valence-corrected chi connectivity index (χ0v) is 11.9. The Morgan fingerprint density at radius 1 is 1.30 bits per heavy atom. The van der Waals surface area contributed by atoms with Crippen molar-refractivity contribution in [3.63, 3.8) is 0 Å². The number of rotatable bonds is 5. The molecule has 0 radical (unpaired) electrons. The molecule has 20 heavy (non-hydrogen) atoms. The predicted octanol–water partition coefficient (Wildman–Crippen LogP) is 3.68. The van der Waals surface area contributed by atoms with Crippen molar-refractivity contribution in [3.8, 4) is 17.2 Å². The molecule has 0 saturated heterocycles. The molecule has 0 saturated carbocycles. The van der Waals surface area contributed by atoms with Crippen LogP contribution in [0.15, 0.2) is 42.7 Å². The number of nitrogens with one attached hydrogen (secondary N) is 1. The Morgan fingerprint density at radius 3 is 2.85 bits per heavy atom. The number of hydrogen-bond acceptors (Lipinski definition) is 3. The molecule has 0 bridgehead atoms. The summed E-state index contributed by atoms with van der Waals surface area (Å²) < 4.78 is 0. The third-order valence-corrected chi connectivity index (χ3v) is 3.31. The maximum atomic E-state index is 9.00. The Bertz CT molecular complexity index is 614. The van der Waals surface area contributed by atoms with Crippen LogP contribution in [0, 0.1) is 11.3 Å². The Balaban J connectivity index is 2.39. The summed E-state index contributed by atoms with van der Waals surface area (Å²) in [5.41, 5.74) is 3.95. The monoisotopic (exact) mass is 265 g/mol. The van der Waals surface area contributed by atoms with Gasteiger partial charge in [0.2, 0.25) is 0 Å². The van der Waals surface area contributed by atoms with Crippen LogP contribution in [-0.4, -0.2) is 11.5 Å². The topological polar surface area (TPSA) is 48.7 Å². The smallest absolute Gasteiger partial charge is 0.101 e. The van der Waals surface area contributed by atoms with Gasteiger partial charge in [0.15, 0.2) is 0 Å². The second-order valence-electron chi connectivity index (χ2n) is 4.84. The molecule has 0 aliphatic heterocycles. The van der Waals surface area contributed by atoms with E-state index in [-0.39, 0.29) is 6.04 Å². The van der Waals surface area contributed by atoms with Gasteiger partial charge in [0.1, 0.15) is 6.07 Å². The molecule has 0 amide bonds. The van der Waals surface area contributed by atoms with Crippen molar-refractivity contribution in [2.45, 2.75) is 26.3 Å². The molecule has 3 nitrogen and oxygen atoms in total. The van der Waals surface area contributed by atoms with Crippen molar-refractivity contribution in [3.05, 3.63) is 53.9 Å². The minimum atomic E-state index is 0.275. The molecule has 0 aliphatic rings.